The summed E-state index contributed by atoms with van der Waals surface area (Å²) in [6.07, 6.45) is 0. The van der Waals surface area contributed by atoms with Crippen molar-refractivity contribution in [2.24, 2.45) is 0 Å². The monoisotopic (exact) mass is 506 g/mol. The van der Waals surface area contributed by atoms with Gasteiger partial charge in [0.2, 0.25) is 0 Å². The molecular weight excluding hydrogens is 452 g/mol. The van der Waals surface area contributed by atoms with E-state index < -0.39 is 32.3 Å². The van der Waals surface area contributed by atoms with Crippen molar-refractivity contribution in [2.75, 3.05) is 11.6 Å². The van der Waals surface area contributed by atoms with Crippen molar-refractivity contribution in [3.63, 3.8) is 0 Å². The van der Waals surface area contributed by atoms with Crippen molar-refractivity contribution in [3.05, 3.63) is 4.65 Å². The van der Waals surface area contributed by atoms with Crippen LogP contribution in [0.3, 0.4) is 0 Å². The molecule has 0 aliphatic heterocycles. The van der Waals surface area contributed by atoms with Crippen LogP contribution in [0.5, 0.6) is 0 Å². The molecule has 0 rings (SSSR count). The van der Waals surface area contributed by atoms with Gasteiger partial charge in [0.1, 0.15) is 0 Å². The summed E-state index contributed by atoms with van der Waals surface area (Å²) in [6.45, 7) is 39.9. The third kappa shape index (κ3) is 11.4. The van der Waals surface area contributed by atoms with Crippen LogP contribution >= 0.6 is 15.8 Å². The molecule has 0 saturated heterocycles. The fraction of sp³-hybridized carbons (Fsp3) is 1.00. The van der Waals surface area contributed by atoms with E-state index in [0.29, 0.717) is 20.6 Å². The minimum atomic E-state index is -1.56. The van der Waals surface area contributed by atoms with Crippen molar-refractivity contribution < 1.29 is 17.1 Å². The van der Waals surface area contributed by atoms with E-state index in [1.165, 1.54) is 11.6 Å². The van der Waals surface area contributed by atoms with Gasteiger partial charge in [-0.05, 0) is 99.6 Å². The molecule has 0 amide bonds. The van der Waals surface area contributed by atoms with Crippen molar-refractivity contribution in [2.45, 2.75) is 130 Å². The molecule has 0 aromatic rings. The first kappa shape index (κ1) is 32.0. The van der Waals surface area contributed by atoms with Gasteiger partial charge in [-0.25, -0.2) is 0 Å². The van der Waals surface area contributed by atoms with E-state index in [-0.39, 0.29) is 17.1 Å². The summed E-state index contributed by atoms with van der Waals surface area (Å²) in [6, 6.07) is 0. The Hall–Kier alpha value is 1.77. The first-order valence-corrected chi connectivity index (χ1v) is 20.6. The molecular formula is C22H54FeNP2Si2+. The molecule has 0 saturated carbocycles. The third-order valence-electron chi connectivity index (χ3n) is 5.45. The molecule has 0 bridgehead atoms. The topological polar surface area (TPSA) is 14.1 Å². The third-order valence-corrected chi connectivity index (χ3v) is 27.3. The zero-order valence-electron chi connectivity index (χ0n) is 22.2. The van der Waals surface area contributed by atoms with Crippen LogP contribution in [0.2, 0.25) is 26.2 Å². The fourth-order valence-corrected chi connectivity index (χ4v) is 33.6. The van der Waals surface area contributed by atoms with Crippen LogP contribution < -0.4 is 0 Å². The molecule has 0 unspecified atom stereocenters. The van der Waals surface area contributed by atoms with Gasteiger partial charge in [0.15, 0.2) is 0 Å². The Morgan fingerprint density at radius 3 is 0.821 bits per heavy atom. The molecule has 0 aromatic carbocycles. The maximum atomic E-state index is 5.80. The largest absolute Gasteiger partial charge is 0.661 e. The van der Waals surface area contributed by atoms with Crippen LogP contribution in [-0.2, 0) is 17.1 Å². The molecule has 0 heterocycles. The molecule has 28 heavy (non-hydrogen) atoms. The Bertz CT molecular complexity index is 409. The van der Waals surface area contributed by atoms with Crippen molar-refractivity contribution in [3.8, 4) is 0 Å². The molecule has 0 spiro atoms. The van der Waals surface area contributed by atoms with E-state index in [0.717, 1.165) is 0 Å². The molecule has 0 atom stereocenters. The van der Waals surface area contributed by atoms with E-state index >= 15 is 0 Å². The van der Waals surface area contributed by atoms with Gasteiger partial charge in [0.25, 0.3) is 0 Å². The Morgan fingerprint density at radius 1 is 0.500 bits per heavy atom. The van der Waals surface area contributed by atoms with Gasteiger partial charge in [-0.1, -0.05) is 26.2 Å². The molecule has 0 radical (unpaired) electrons. The Balaban J connectivity index is 0. The second kappa shape index (κ2) is 10.1. The van der Waals surface area contributed by atoms with E-state index in [4.69, 9.17) is 4.65 Å². The van der Waals surface area contributed by atoms with Crippen LogP contribution in [0.1, 0.15) is 83.1 Å². The van der Waals surface area contributed by atoms with Crippen LogP contribution in [0.25, 0.3) is 4.65 Å². The predicted molar refractivity (Wildman–Crippen MR) is 144 cm³/mol. The van der Waals surface area contributed by atoms with Gasteiger partial charge in [-0.3, -0.25) is 0 Å². The van der Waals surface area contributed by atoms with E-state index in [1.807, 2.05) is 0 Å². The predicted octanol–water partition coefficient (Wildman–Crippen LogP) is 8.47. The maximum Gasteiger partial charge on any atom is 0.0694 e. The van der Waals surface area contributed by atoms with Gasteiger partial charge in [-0.2, -0.15) is 0 Å². The standard InChI is InChI=1S/C22H52NP2Si2.Fe/c1-19(2,3)24(20(4,5)6)17-26(13,14)23-27(15,16)18-25(21(7,8)9)22(10,11)12;/h17-18H2,1-16H3;/q-1;/p+2. The minimum absolute atomic E-state index is 0. The van der Waals surface area contributed by atoms with E-state index in [9.17, 15) is 0 Å². The van der Waals surface area contributed by atoms with Crippen LogP contribution in [0.15, 0.2) is 0 Å². The summed E-state index contributed by atoms with van der Waals surface area (Å²) >= 11 is 0. The quantitative estimate of drug-likeness (QED) is 0.253. The van der Waals surface area contributed by atoms with Crippen LogP contribution in [0, 0.1) is 0 Å². The van der Waals surface area contributed by atoms with Crippen molar-refractivity contribution in [1.82, 2.24) is 0 Å². The van der Waals surface area contributed by atoms with E-state index in [1.54, 1.807) is 0 Å². The molecule has 6 heteroatoms. The SMILES string of the molecule is CC(C)(C)[PH+](C[Si](C)(C)[N-][Si](C)(C)C[PH+](C(C)(C)C)C(C)(C)C)C(C)(C)C.[Fe]. The second-order valence-corrected chi connectivity index (χ2v) is 32.9. The Kier molecular flexibility index (Phi) is 11.6. The van der Waals surface area contributed by atoms with Gasteiger partial charge < -0.3 is 4.65 Å². The smallest absolute Gasteiger partial charge is 0.0694 e. The normalized spacial score (nSPS) is 15.2. The van der Waals surface area contributed by atoms with Crippen molar-refractivity contribution >= 4 is 32.3 Å². The Morgan fingerprint density at radius 2 is 0.679 bits per heavy atom. The summed E-state index contributed by atoms with van der Waals surface area (Å²) in [5, 5.41) is 1.78. The van der Waals surface area contributed by atoms with Crippen molar-refractivity contribution in [1.29, 1.82) is 0 Å². The van der Waals surface area contributed by atoms with Gasteiger partial charge in [0, 0.05) is 44.5 Å². The summed E-state index contributed by atoms with van der Waals surface area (Å²) in [4.78, 5) is 0. The fourth-order valence-electron chi connectivity index (χ4n) is 5.07. The average Bonchev–Trinajstić information content (AvgIpc) is 2.26. The molecule has 0 fully saturated rings. The zero-order chi connectivity index (χ0) is 22.3. The van der Waals surface area contributed by atoms with E-state index in [2.05, 4.69) is 109 Å². The number of hydrogen-bond acceptors (Lipinski definition) is 0. The summed E-state index contributed by atoms with van der Waals surface area (Å²) in [7, 11) is -4.10. The van der Waals surface area contributed by atoms with Gasteiger partial charge in [-0.15, -0.1) is 0 Å². The second-order valence-electron chi connectivity index (χ2n) is 14.0. The molecule has 0 aliphatic carbocycles. The summed E-state index contributed by atoms with van der Waals surface area (Å²) in [5.41, 5.74) is 0. The summed E-state index contributed by atoms with van der Waals surface area (Å²) in [5.74, 6) is 2.85. The summed E-state index contributed by atoms with van der Waals surface area (Å²) < 4.78 is 5.80. The zero-order valence-corrected chi connectivity index (χ0v) is 27.3. The van der Waals surface area contributed by atoms with Gasteiger partial charge in [0.05, 0.1) is 20.6 Å². The average molecular weight is 507 g/mol. The minimum Gasteiger partial charge on any atom is -0.661 e. The molecule has 0 aliphatic rings. The maximum absolute atomic E-state index is 5.80. The van der Waals surface area contributed by atoms with Crippen LogP contribution in [-0.4, -0.2) is 48.7 Å². The first-order valence-electron chi connectivity index (χ1n) is 10.9. The number of hydrogen-bond donors (Lipinski definition) is 0. The molecule has 1 nitrogen and oxygen atoms in total. The first-order chi connectivity index (χ1) is 11.4. The van der Waals surface area contributed by atoms with Gasteiger partial charge >= 0.3 is 0 Å². The van der Waals surface area contributed by atoms with Crippen LogP contribution in [0.4, 0.5) is 0 Å². The molecule has 172 valence electrons. The Labute approximate surface area is 194 Å². The molecule has 0 N–H and O–H groups in total. The number of rotatable bonds is 6. The molecule has 0 aromatic heterocycles. The number of nitrogens with zero attached hydrogens (tertiary/aromatic N) is 1.